The maximum Gasteiger partial charge on any atom is 0.252 e. The molecular weight excluding hydrogens is 510 g/mol. The number of amides is 1. The summed E-state index contributed by atoms with van der Waals surface area (Å²) in [7, 11) is -3.66. The minimum atomic E-state index is -3.66. The highest BCUT2D eigenvalue weighted by atomic mass is 32.2. The minimum Gasteiger partial charge on any atom is -0.352 e. The lowest BCUT2D eigenvalue weighted by atomic mass is 10.0. The number of fused-ring (bicyclic) bond motifs is 1. The van der Waals surface area contributed by atoms with Gasteiger partial charge in [0.05, 0.1) is 21.7 Å². The zero-order valence-corrected chi connectivity index (χ0v) is 23.8. The molecule has 9 heteroatoms. The maximum atomic E-state index is 13.5. The Hall–Kier alpha value is -2.88. The summed E-state index contributed by atoms with van der Waals surface area (Å²) >= 11 is 0. The number of hydrogen-bond acceptors (Lipinski definition) is 6. The van der Waals surface area contributed by atoms with Crippen molar-refractivity contribution in [1.29, 1.82) is 0 Å². The van der Waals surface area contributed by atoms with Crippen LogP contribution in [0, 0.1) is 5.92 Å². The molecule has 1 aromatic carbocycles. The Kier molecular flexibility index (Phi) is 8.59. The van der Waals surface area contributed by atoms with Gasteiger partial charge in [0.2, 0.25) is 10.0 Å². The van der Waals surface area contributed by atoms with E-state index in [2.05, 4.69) is 29.0 Å². The van der Waals surface area contributed by atoms with Crippen molar-refractivity contribution in [3.63, 3.8) is 0 Å². The predicted octanol–water partition coefficient (Wildman–Crippen LogP) is 4.71. The van der Waals surface area contributed by atoms with Crippen LogP contribution in [-0.4, -0.2) is 72.3 Å². The van der Waals surface area contributed by atoms with E-state index >= 15 is 0 Å². The van der Waals surface area contributed by atoms with Crippen molar-refractivity contribution < 1.29 is 13.2 Å². The Morgan fingerprint density at radius 3 is 2.62 bits per heavy atom. The summed E-state index contributed by atoms with van der Waals surface area (Å²) in [5, 5.41) is 3.62. The van der Waals surface area contributed by atoms with Crippen molar-refractivity contribution in [3.8, 4) is 11.3 Å². The molecule has 1 amide bonds. The predicted molar refractivity (Wildman–Crippen MR) is 154 cm³/mol. The normalized spacial score (nSPS) is 19.8. The first kappa shape index (κ1) is 27.7. The van der Waals surface area contributed by atoms with Gasteiger partial charge >= 0.3 is 0 Å². The minimum absolute atomic E-state index is 0.202. The fraction of sp³-hybridized carbons (Fsp3) is 0.500. The molecule has 0 radical (unpaired) electrons. The van der Waals surface area contributed by atoms with Gasteiger partial charge in [-0.25, -0.2) is 13.4 Å². The van der Waals surface area contributed by atoms with Gasteiger partial charge in [0.25, 0.3) is 5.91 Å². The summed E-state index contributed by atoms with van der Waals surface area (Å²) in [5.41, 5.74) is 2.43. The van der Waals surface area contributed by atoms with Gasteiger partial charge in [0.1, 0.15) is 0 Å². The van der Waals surface area contributed by atoms with Crippen molar-refractivity contribution in [1.82, 2.24) is 24.5 Å². The zero-order valence-electron chi connectivity index (χ0n) is 23.0. The third-order valence-corrected chi connectivity index (χ3v) is 10.1. The molecule has 0 aliphatic carbocycles. The molecule has 208 valence electrons. The van der Waals surface area contributed by atoms with Gasteiger partial charge in [0.15, 0.2) is 0 Å². The van der Waals surface area contributed by atoms with Gasteiger partial charge in [-0.05, 0) is 87.9 Å². The van der Waals surface area contributed by atoms with E-state index in [1.807, 2.05) is 12.1 Å². The van der Waals surface area contributed by atoms with Crippen molar-refractivity contribution in [3.05, 3.63) is 54.4 Å². The fourth-order valence-electron chi connectivity index (χ4n) is 5.66. The highest BCUT2D eigenvalue weighted by Crippen LogP contribution is 2.29. The van der Waals surface area contributed by atoms with E-state index in [0.717, 1.165) is 37.9 Å². The topological polar surface area (TPSA) is 95.5 Å². The summed E-state index contributed by atoms with van der Waals surface area (Å²) in [4.78, 5) is 25.2. The van der Waals surface area contributed by atoms with Crippen LogP contribution in [0.1, 0.15) is 62.7 Å². The van der Waals surface area contributed by atoms with Crippen molar-refractivity contribution in [2.24, 2.45) is 5.92 Å². The van der Waals surface area contributed by atoms with E-state index in [4.69, 9.17) is 4.98 Å². The number of nitrogens with one attached hydrogen (secondary N) is 1. The van der Waals surface area contributed by atoms with Gasteiger partial charge in [0, 0.05) is 55.6 Å². The van der Waals surface area contributed by atoms with Crippen LogP contribution in [0.4, 0.5) is 0 Å². The van der Waals surface area contributed by atoms with Gasteiger partial charge in [-0.15, -0.1) is 0 Å². The smallest absolute Gasteiger partial charge is 0.252 e. The van der Waals surface area contributed by atoms with Crippen molar-refractivity contribution >= 4 is 26.8 Å². The number of nitrogens with zero attached hydrogens (tertiary/aromatic N) is 4. The monoisotopic (exact) mass is 549 g/mol. The highest BCUT2D eigenvalue weighted by molar-refractivity contribution is 7.89. The van der Waals surface area contributed by atoms with E-state index < -0.39 is 10.0 Å². The number of pyridine rings is 2. The zero-order chi connectivity index (χ0) is 27.4. The highest BCUT2D eigenvalue weighted by Gasteiger charge is 2.29. The summed E-state index contributed by atoms with van der Waals surface area (Å²) in [6.45, 7) is 8.09. The van der Waals surface area contributed by atoms with Crippen LogP contribution >= 0.6 is 0 Å². The standard InChI is InChI=1S/C30H39N5O3S/c1-22-11-17-35(18-12-22)39(37,38)25-9-10-28-26(19-25)27(20-29(33-28)24-8-5-13-31-21-24)30(36)32-14-6-16-34-15-4-3-7-23(34)2/h5,8-10,13,19-23H,3-4,6-7,11-12,14-18H2,1-2H3,(H,32,36). The Balaban J connectivity index is 1.42. The van der Waals surface area contributed by atoms with Crippen LogP contribution in [0.5, 0.6) is 0 Å². The third kappa shape index (κ3) is 6.31. The van der Waals surface area contributed by atoms with Crippen LogP contribution in [0.25, 0.3) is 22.2 Å². The Morgan fingerprint density at radius 1 is 1.05 bits per heavy atom. The summed E-state index contributed by atoms with van der Waals surface area (Å²) in [6.07, 6.45) is 9.73. The maximum absolute atomic E-state index is 13.5. The molecule has 39 heavy (non-hydrogen) atoms. The SMILES string of the molecule is CC1CCN(S(=O)(=O)c2ccc3nc(-c4cccnc4)cc(C(=O)NCCCN4CCCCC4C)c3c2)CC1. The molecule has 2 fully saturated rings. The Bertz CT molecular complexity index is 1400. The van der Waals surface area contributed by atoms with Crippen LogP contribution in [0.3, 0.4) is 0 Å². The molecule has 8 nitrogen and oxygen atoms in total. The number of piperidine rings is 2. The molecule has 1 N–H and O–H groups in total. The number of aromatic nitrogens is 2. The third-order valence-electron chi connectivity index (χ3n) is 8.21. The van der Waals surface area contributed by atoms with E-state index in [1.54, 1.807) is 41.0 Å². The molecule has 4 heterocycles. The van der Waals surface area contributed by atoms with E-state index in [-0.39, 0.29) is 10.8 Å². The van der Waals surface area contributed by atoms with Crippen LogP contribution in [0.2, 0.25) is 0 Å². The molecule has 1 atom stereocenters. The van der Waals surface area contributed by atoms with Crippen molar-refractivity contribution in [2.75, 3.05) is 32.7 Å². The average Bonchev–Trinajstić information content (AvgIpc) is 2.96. The number of carbonyl (C=O) groups is 1. The van der Waals surface area contributed by atoms with E-state index in [9.17, 15) is 13.2 Å². The van der Waals surface area contributed by atoms with Gasteiger partial charge < -0.3 is 10.2 Å². The van der Waals surface area contributed by atoms with Crippen LogP contribution < -0.4 is 5.32 Å². The largest absolute Gasteiger partial charge is 0.352 e. The number of benzene rings is 1. The molecule has 3 aromatic rings. The molecular formula is C30H39N5O3S. The molecule has 2 saturated heterocycles. The van der Waals surface area contributed by atoms with E-state index in [0.29, 0.717) is 53.8 Å². The Morgan fingerprint density at radius 2 is 1.87 bits per heavy atom. The molecule has 2 aromatic heterocycles. The van der Waals surface area contributed by atoms with Gasteiger partial charge in [-0.1, -0.05) is 13.3 Å². The number of hydrogen-bond donors (Lipinski definition) is 1. The first-order valence-corrected chi connectivity index (χ1v) is 15.6. The second-order valence-corrected chi connectivity index (χ2v) is 13.0. The Labute approximate surface area is 231 Å². The van der Waals surface area contributed by atoms with Crippen LogP contribution in [0.15, 0.2) is 53.7 Å². The van der Waals surface area contributed by atoms with Crippen molar-refractivity contribution in [2.45, 2.75) is 63.3 Å². The molecule has 2 aliphatic rings. The lowest BCUT2D eigenvalue weighted by molar-refractivity contribution is 0.0950. The van der Waals surface area contributed by atoms with Gasteiger partial charge in [-0.3, -0.25) is 9.78 Å². The van der Waals surface area contributed by atoms with Crippen LogP contribution in [-0.2, 0) is 10.0 Å². The first-order valence-electron chi connectivity index (χ1n) is 14.2. The molecule has 0 bridgehead atoms. The summed E-state index contributed by atoms with van der Waals surface area (Å²) in [5.74, 6) is 0.303. The lowest BCUT2D eigenvalue weighted by Crippen LogP contribution is -2.39. The average molecular weight is 550 g/mol. The quantitative estimate of drug-likeness (QED) is 0.409. The first-order chi connectivity index (χ1) is 18.8. The fourth-order valence-corrected chi connectivity index (χ4v) is 7.16. The molecule has 1 unspecified atom stereocenters. The van der Waals surface area contributed by atoms with Gasteiger partial charge in [-0.2, -0.15) is 4.31 Å². The number of likely N-dealkylation sites (tertiary alicyclic amines) is 1. The summed E-state index contributed by atoms with van der Waals surface area (Å²) in [6, 6.07) is 11.0. The second kappa shape index (κ2) is 12.1. The number of rotatable bonds is 8. The number of sulfonamides is 1. The molecule has 2 aliphatic heterocycles. The molecule has 0 spiro atoms. The lowest BCUT2D eigenvalue weighted by Gasteiger charge is -2.33. The molecule has 0 saturated carbocycles. The molecule has 5 rings (SSSR count). The number of carbonyl (C=O) groups excluding carboxylic acids is 1. The van der Waals surface area contributed by atoms with E-state index in [1.165, 1.54) is 19.3 Å². The second-order valence-electron chi connectivity index (χ2n) is 11.1. The summed E-state index contributed by atoms with van der Waals surface area (Å²) < 4.78 is 28.5.